The zero-order valence-corrected chi connectivity index (χ0v) is 14.8. The van der Waals surface area contributed by atoms with Crippen LogP contribution in [0.2, 0.25) is 0 Å². The van der Waals surface area contributed by atoms with Crippen molar-refractivity contribution < 1.29 is 4.74 Å². The lowest BCUT2D eigenvalue weighted by atomic mass is 10.2. The number of fused-ring (bicyclic) bond motifs is 1. The largest absolute Gasteiger partial charge is 0.383 e. The highest BCUT2D eigenvalue weighted by Crippen LogP contribution is 2.22. The zero-order valence-electron chi connectivity index (χ0n) is 14.8. The van der Waals surface area contributed by atoms with Crippen LogP contribution in [0.15, 0.2) is 12.8 Å². The van der Waals surface area contributed by atoms with Gasteiger partial charge in [0.25, 0.3) is 0 Å². The van der Waals surface area contributed by atoms with Crippen LogP contribution in [0.1, 0.15) is 32.3 Å². The monoisotopic (exact) mass is 318 g/mol. The van der Waals surface area contributed by atoms with E-state index < -0.39 is 0 Å². The van der Waals surface area contributed by atoms with Gasteiger partial charge in [-0.15, -0.1) is 10.2 Å². The van der Waals surface area contributed by atoms with Crippen molar-refractivity contribution >= 4 is 17.2 Å². The Morgan fingerprint density at radius 2 is 2.09 bits per heavy atom. The van der Waals surface area contributed by atoms with Crippen LogP contribution in [-0.4, -0.2) is 57.3 Å². The summed E-state index contributed by atoms with van der Waals surface area (Å²) >= 11 is 0. The van der Waals surface area contributed by atoms with E-state index in [1.165, 1.54) is 0 Å². The number of nitrogens with zero attached hydrogens (tertiary/aromatic N) is 5. The molecule has 0 radical (unpaired) electrons. The van der Waals surface area contributed by atoms with Gasteiger partial charge in [0.15, 0.2) is 5.82 Å². The maximum atomic E-state index is 5.22. The molecule has 0 fully saturated rings. The summed E-state index contributed by atoms with van der Waals surface area (Å²) in [5, 5.41) is 11.7. The lowest BCUT2D eigenvalue weighted by Crippen LogP contribution is -2.31. The van der Waals surface area contributed by atoms with Gasteiger partial charge in [-0.25, -0.2) is 4.98 Å². The van der Waals surface area contributed by atoms with Crippen LogP contribution in [0.4, 0.5) is 5.82 Å². The van der Waals surface area contributed by atoms with Gasteiger partial charge >= 0.3 is 0 Å². The second kappa shape index (κ2) is 6.95. The number of nitrogens with one attached hydrogen (secondary N) is 1. The molecule has 7 heteroatoms. The van der Waals surface area contributed by atoms with Gasteiger partial charge in [-0.05, 0) is 27.7 Å². The van der Waals surface area contributed by atoms with Gasteiger partial charge < -0.3 is 15.0 Å². The lowest BCUT2D eigenvalue weighted by molar-refractivity contribution is 0.142. The smallest absolute Gasteiger partial charge is 0.203 e. The molecule has 0 aliphatic carbocycles. The molecule has 1 N–H and O–H groups in total. The third-order valence-electron chi connectivity index (χ3n) is 3.78. The first kappa shape index (κ1) is 17.2. The van der Waals surface area contributed by atoms with Crippen molar-refractivity contribution in [3.05, 3.63) is 24.3 Å². The van der Waals surface area contributed by atoms with Crippen LogP contribution >= 0.6 is 0 Å². The summed E-state index contributed by atoms with van der Waals surface area (Å²) in [5.41, 5.74) is 2.34. The van der Waals surface area contributed by atoms with E-state index in [1.54, 1.807) is 7.11 Å². The molecule has 126 valence electrons. The maximum absolute atomic E-state index is 5.22. The molecular formula is C16H26N6O. The molecular weight excluding hydrogens is 292 g/mol. The fourth-order valence-electron chi connectivity index (χ4n) is 2.32. The molecule has 2 aromatic heterocycles. The molecule has 2 aromatic rings. The Bertz CT molecular complexity index is 693. The molecule has 0 bridgehead atoms. The molecule has 1 atom stereocenters. The molecule has 0 saturated carbocycles. The van der Waals surface area contributed by atoms with E-state index in [2.05, 4.69) is 47.8 Å². The molecule has 0 saturated heterocycles. The summed E-state index contributed by atoms with van der Waals surface area (Å²) in [6, 6.07) is 0.450. The molecule has 23 heavy (non-hydrogen) atoms. The van der Waals surface area contributed by atoms with Gasteiger partial charge in [0.05, 0.1) is 12.3 Å². The fourth-order valence-corrected chi connectivity index (χ4v) is 2.32. The van der Waals surface area contributed by atoms with Crippen molar-refractivity contribution in [3.8, 4) is 0 Å². The second-order valence-corrected chi connectivity index (χ2v) is 6.08. The van der Waals surface area contributed by atoms with Crippen LogP contribution in [0, 0.1) is 6.92 Å². The summed E-state index contributed by atoms with van der Waals surface area (Å²) in [6.45, 7) is 13.0. The Morgan fingerprint density at radius 3 is 2.70 bits per heavy atom. The number of methoxy groups -OCH3 is 1. The fraction of sp³-hybridized carbons (Fsp3) is 0.562. The Morgan fingerprint density at radius 1 is 1.39 bits per heavy atom. The zero-order chi connectivity index (χ0) is 17.1. The Balaban J connectivity index is 2.44. The number of rotatable bonds is 7. The molecule has 0 aliphatic heterocycles. The van der Waals surface area contributed by atoms with E-state index in [1.807, 2.05) is 24.6 Å². The molecule has 0 amide bonds. The predicted octanol–water partition coefficient (Wildman–Crippen LogP) is 2.19. The van der Waals surface area contributed by atoms with E-state index in [4.69, 9.17) is 9.72 Å². The third kappa shape index (κ3) is 3.61. The van der Waals surface area contributed by atoms with Crippen LogP contribution in [0.3, 0.4) is 0 Å². The minimum absolute atomic E-state index is 0.202. The Hall–Kier alpha value is -2.15. The van der Waals surface area contributed by atoms with Crippen LogP contribution < -0.4 is 5.32 Å². The van der Waals surface area contributed by atoms with Crippen molar-refractivity contribution in [1.82, 2.24) is 24.5 Å². The van der Waals surface area contributed by atoms with E-state index in [-0.39, 0.29) is 12.1 Å². The average Bonchev–Trinajstić information content (AvgIpc) is 2.87. The molecule has 7 nitrogen and oxygen atoms in total. The number of aryl methyl sites for hydroxylation is 1. The van der Waals surface area contributed by atoms with E-state index in [0.717, 1.165) is 22.9 Å². The van der Waals surface area contributed by atoms with Gasteiger partial charge in [0.2, 0.25) is 5.65 Å². The first-order chi connectivity index (χ1) is 10.8. The van der Waals surface area contributed by atoms with Crippen LogP contribution in [0.25, 0.3) is 11.3 Å². The Kier molecular flexibility index (Phi) is 5.20. The van der Waals surface area contributed by atoms with Crippen molar-refractivity contribution in [3.63, 3.8) is 0 Å². The summed E-state index contributed by atoms with van der Waals surface area (Å²) in [7, 11) is 3.69. The highest BCUT2D eigenvalue weighted by Gasteiger charge is 2.17. The van der Waals surface area contributed by atoms with Crippen molar-refractivity contribution in [2.24, 2.45) is 0 Å². The highest BCUT2D eigenvalue weighted by molar-refractivity contribution is 5.68. The minimum atomic E-state index is 0.202. The summed E-state index contributed by atoms with van der Waals surface area (Å²) in [5.74, 6) is 1.53. The van der Waals surface area contributed by atoms with Crippen molar-refractivity contribution in [1.29, 1.82) is 0 Å². The van der Waals surface area contributed by atoms with E-state index >= 15 is 0 Å². The number of ether oxygens (including phenoxy) is 1. The number of likely N-dealkylation sites (N-methyl/N-ethyl adjacent to an activating group) is 1. The van der Waals surface area contributed by atoms with Gasteiger partial charge in [-0.3, -0.25) is 4.40 Å². The Labute approximate surface area is 137 Å². The first-order valence-corrected chi connectivity index (χ1v) is 7.75. The third-order valence-corrected chi connectivity index (χ3v) is 3.78. The number of aromatic nitrogens is 4. The van der Waals surface area contributed by atoms with Crippen molar-refractivity contribution in [2.45, 2.75) is 39.8 Å². The normalized spacial score (nSPS) is 12.7. The standard InChI is InChI=1S/C16H26N6O/c1-10(2)17-15-16-20-19-13(5)22(16)8-14(18-15)12(4)21(6)11(3)9-23-7/h8,10-11H,4,9H2,1-3,5-7H3,(H,17,18). The first-order valence-electron chi connectivity index (χ1n) is 7.75. The summed E-state index contributed by atoms with van der Waals surface area (Å²) in [6.07, 6.45) is 1.93. The van der Waals surface area contributed by atoms with E-state index in [0.29, 0.717) is 12.4 Å². The molecule has 2 heterocycles. The second-order valence-electron chi connectivity index (χ2n) is 6.08. The van der Waals surface area contributed by atoms with Gasteiger partial charge in [-0.2, -0.15) is 0 Å². The molecule has 0 spiro atoms. The highest BCUT2D eigenvalue weighted by atomic mass is 16.5. The number of hydrogen-bond donors (Lipinski definition) is 1. The molecule has 0 aliphatic rings. The van der Waals surface area contributed by atoms with Gasteiger partial charge in [0, 0.05) is 32.4 Å². The lowest BCUT2D eigenvalue weighted by Gasteiger charge is -2.28. The van der Waals surface area contributed by atoms with Crippen LogP contribution in [0.5, 0.6) is 0 Å². The maximum Gasteiger partial charge on any atom is 0.203 e. The average molecular weight is 318 g/mol. The SMILES string of the molecule is C=C(c1cn2c(C)nnc2c(NC(C)C)n1)N(C)C(C)COC. The topological polar surface area (TPSA) is 67.6 Å². The summed E-state index contributed by atoms with van der Waals surface area (Å²) in [4.78, 5) is 6.77. The molecule has 0 aromatic carbocycles. The predicted molar refractivity (Wildman–Crippen MR) is 92.4 cm³/mol. The van der Waals surface area contributed by atoms with Crippen LogP contribution in [-0.2, 0) is 4.74 Å². The van der Waals surface area contributed by atoms with Crippen molar-refractivity contribution in [2.75, 3.05) is 26.1 Å². The summed E-state index contributed by atoms with van der Waals surface area (Å²) < 4.78 is 7.16. The quantitative estimate of drug-likeness (QED) is 0.844. The van der Waals surface area contributed by atoms with E-state index in [9.17, 15) is 0 Å². The number of anilines is 1. The molecule has 2 rings (SSSR count). The minimum Gasteiger partial charge on any atom is -0.383 e. The molecule has 1 unspecified atom stereocenters. The van der Waals surface area contributed by atoms with Gasteiger partial charge in [0.1, 0.15) is 11.5 Å². The van der Waals surface area contributed by atoms with Gasteiger partial charge in [-0.1, -0.05) is 6.58 Å². The number of hydrogen-bond acceptors (Lipinski definition) is 6.